The van der Waals surface area contributed by atoms with Crippen molar-refractivity contribution in [2.45, 2.75) is 44.8 Å². The molecule has 7 heteroatoms. The van der Waals surface area contributed by atoms with Gasteiger partial charge in [-0.3, -0.25) is 9.69 Å². The van der Waals surface area contributed by atoms with Gasteiger partial charge in [-0.1, -0.05) is 0 Å². The molecule has 0 aliphatic carbocycles. The smallest absolute Gasteiger partial charge is 0.221 e. The van der Waals surface area contributed by atoms with Gasteiger partial charge >= 0.3 is 0 Å². The van der Waals surface area contributed by atoms with Crippen molar-refractivity contribution in [3.63, 3.8) is 0 Å². The van der Waals surface area contributed by atoms with Gasteiger partial charge in [-0.25, -0.2) is 0 Å². The summed E-state index contributed by atoms with van der Waals surface area (Å²) in [6.45, 7) is 9.62. The number of hydrogen-bond donors (Lipinski definition) is 2. The molecule has 0 aromatic rings. The van der Waals surface area contributed by atoms with Gasteiger partial charge in [0.05, 0.1) is 12.2 Å². The molecule has 2 N–H and O–H groups in total. The van der Waals surface area contributed by atoms with Crippen LogP contribution in [-0.2, 0) is 9.53 Å². The number of rotatable bonds is 5. The van der Waals surface area contributed by atoms with Gasteiger partial charge in [0, 0.05) is 38.6 Å². The highest BCUT2D eigenvalue weighted by atomic mass is 35.5. The van der Waals surface area contributed by atoms with Crippen molar-refractivity contribution in [2.24, 2.45) is 0 Å². The van der Waals surface area contributed by atoms with Crippen LogP contribution in [0.2, 0.25) is 0 Å². The van der Waals surface area contributed by atoms with Gasteiger partial charge in [0.1, 0.15) is 0 Å². The number of carbonyl (C=O) groups is 1. The van der Waals surface area contributed by atoms with Crippen LogP contribution in [0.3, 0.4) is 0 Å². The quantitative estimate of drug-likeness (QED) is 0.788. The summed E-state index contributed by atoms with van der Waals surface area (Å²) < 4.78 is 5.67. The number of amides is 1. The van der Waals surface area contributed by atoms with Gasteiger partial charge in [-0.15, -0.1) is 24.8 Å². The van der Waals surface area contributed by atoms with Crippen LogP contribution in [0.4, 0.5) is 0 Å². The average molecular weight is 342 g/mol. The highest BCUT2D eigenvalue weighted by Crippen LogP contribution is 2.15. The largest absolute Gasteiger partial charge is 0.373 e. The number of ether oxygens (including phenoxy) is 1. The molecule has 2 aliphatic heterocycles. The highest BCUT2D eigenvalue weighted by Gasteiger charge is 2.26. The summed E-state index contributed by atoms with van der Waals surface area (Å²) in [7, 11) is 0. The first-order valence-electron chi connectivity index (χ1n) is 7.41. The van der Waals surface area contributed by atoms with Crippen molar-refractivity contribution >= 4 is 30.7 Å². The van der Waals surface area contributed by atoms with E-state index in [0.29, 0.717) is 12.5 Å². The van der Waals surface area contributed by atoms with Crippen LogP contribution < -0.4 is 10.6 Å². The molecule has 2 heterocycles. The topological polar surface area (TPSA) is 53.6 Å². The zero-order chi connectivity index (χ0) is 13.7. The third-order valence-electron chi connectivity index (χ3n) is 3.85. The second-order valence-corrected chi connectivity index (χ2v) is 6.23. The summed E-state index contributed by atoms with van der Waals surface area (Å²) in [6.07, 6.45) is 2.94. The number of carbonyl (C=O) groups excluding carboxylic acids is 1. The molecule has 1 amide bonds. The van der Waals surface area contributed by atoms with E-state index in [1.165, 1.54) is 6.42 Å². The Kier molecular flexibility index (Phi) is 9.81. The lowest BCUT2D eigenvalue weighted by molar-refractivity contribution is -0.121. The Balaban J connectivity index is 0.00000200. The third-order valence-corrected chi connectivity index (χ3v) is 3.85. The molecule has 1 atom stereocenters. The number of nitrogens with zero attached hydrogens (tertiary/aromatic N) is 1. The van der Waals surface area contributed by atoms with Crippen LogP contribution in [0.25, 0.3) is 0 Å². The lowest BCUT2D eigenvalue weighted by Crippen LogP contribution is -2.50. The van der Waals surface area contributed by atoms with Crippen molar-refractivity contribution in [2.75, 3.05) is 39.3 Å². The van der Waals surface area contributed by atoms with E-state index in [1.807, 2.05) is 0 Å². The molecule has 0 bridgehead atoms. The minimum absolute atomic E-state index is 0. The van der Waals surface area contributed by atoms with Gasteiger partial charge in [-0.2, -0.15) is 0 Å². The van der Waals surface area contributed by atoms with Crippen molar-refractivity contribution in [3.05, 3.63) is 0 Å². The number of morpholine rings is 1. The van der Waals surface area contributed by atoms with Crippen molar-refractivity contribution in [1.82, 2.24) is 15.5 Å². The fraction of sp³-hybridized carbons (Fsp3) is 0.929. The standard InChI is InChI=1S/C14H27N3O2.2ClH/c1-14(2)11-17(8-9-19-14)7-6-16-13(18)10-12-4-3-5-15-12;;/h12,15H,3-11H2,1-2H3,(H,16,18);2*1H. The molecule has 0 radical (unpaired) electrons. The molecule has 1 unspecified atom stereocenters. The molecular weight excluding hydrogens is 313 g/mol. The second kappa shape index (κ2) is 9.85. The molecule has 21 heavy (non-hydrogen) atoms. The summed E-state index contributed by atoms with van der Waals surface area (Å²) >= 11 is 0. The predicted octanol–water partition coefficient (Wildman–Crippen LogP) is 1.20. The van der Waals surface area contributed by atoms with E-state index in [-0.39, 0.29) is 36.3 Å². The normalized spacial score (nSPS) is 24.8. The number of nitrogens with one attached hydrogen (secondary N) is 2. The maximum absolute atomic E-state index is 11.8. The van der Waals surface area contributed by atoms with Crippen molar-refractivity contribution in [3.8, 4) is 0 Å². The fourth-order valence-electron chi connectivity index (χ4n) is 2.89. The van der Waals surface area contributed by atoms with Gasteiger partial charge in [0.2, 0.25) is 5.91 Å². The summed E-state index contributed by atoms with van der Waals surface area (Å²) in [5.41, 5.74) is -0.0595. The Morgan fingerprint density at radius 3 is 2.81 bits per heavy atom. The molecule has 0 aromatic carbocycles. The first-order valence-corrected chi connectivity index (χ1v) is 7.41. The summed E-state index contributed by atoms with van der Waals surface area (Å²) in [5.74, 6) is 0.173. The Bertz CT molecular complexity index is 311. The van der Waals surface area contributed by atoms with Gasteiger partial charge in [0.25, 0.3) is 0 Å². The molecule has 0 spiro atoms. The minimum atomic E-state index is -0.0595. The molecule has 0 saturated carbocycles. The summed E-state index contributed by atoms with van der Waals surface area (Å²) in [5, 5.41) is 6.37. The first-order chi connectivity index (χ1) is 9.05. The molecule has 2 rings (SSSR count). The van der Waals surface area contributed by atoms with Crippen LogP contribution in [0.1, 0.15) is 33.1 Å². The van der Waals surface area contributed by atoms with Crippen LogP contribution in [0, 0.1) is 0 Å². The Morgan fingerprint density at radius 1 is 1.43 bits per heavy atom. The first kappa shape index (κ1) is 20.9. The van der Waals surface area contributed by atoms with E-state index in [9.17, 15) is 4.79 Å². The maximum Gasteiger partial charge on any atom is 0.221 e. The van der Waals surface area contributed by atoms with E-state index in [4.69, 9.17) is 4.74 Å². The van der Waals surface area contributed by atoms with E-state index in [1.54, 1.807) is 0 Å². The van der Waals surface area contributed by atoms with Crippen LogP contribution in [0.15, 0.2) is 0 Å². The van der Waals surface area contributed by atoms with Crippen LogP contribution >= 0.6 is 24.8 Å². The molecule has 2 saturated heterocycles. The minimum Gasteiger partial charge on any atom is -0.373 e. The number of halogens is 2. The van der Waals surface area contributed by atoms with E-state index in [0.717, 1.165) is 45.8 Å². The van der Waals surface area contributed by atoms with Gasteiger partial charge in [0.15, 0.2) is 0 Å². The van der Waals surface area contributed by atoms with E-state index < -0.39 is 0 Å². The van der Waals surface area contributed by atoms with Crippen LogP contribution in [0.5, 0.6) is 0 Å². The van der Waals surface area contributed by atoms with Gasteiger partial charge < -0.3 is 15.4 Å². The van der Waals surface area contributed by atoms with Crippen LogP contribution in [-0.4, -0.2) is 61.8 Å². The Morgan fingerprint density at radius 2 is 2.19 bits per heavy atom. The van der Waals surface area contributed by atoms with E-state index in [2.05, 4.69) is 29.4 Å². The summed E-state index contributed by atoms with van der Waals surface area (Å²) in [4.78, 5) is 14.1. The van der Waals surface area contributed by atoms with Crippen molar-refractivity contribution < 1.29 is 9.53 Å². The molecule has 2 aliphatic rings. The molecule has 126 valence electrons. The summed E-state index contributed by atoms with van der Waals surface area (Å²) in [6, 6.07) is 0.391. The third kappa shape index (κ3) is 7.66. The zero-order valence-corrected chi connectivity index (χ0v) is 14.7. The average Bonchev–Trinajstić information content (AvgIpc) is 2.80. The fourth-order valence-corrected chi connectivity index (χ4v) is 2.89. The molecule has 0 aromatic heterocycles. The zero-order valence-electron chi connectivity index (χ0n) is 13.0. The lowest BCUT2D eigenvalue weighted by atomic mass is 10.1. The number of hydrogen-bond acceptors (Lipinski definition) is 4. The molecular formula is C14H29Cl2N3O2. The Hall–Kier alpha value is -0.0700. The van der Waals surface area contributed by atoms with Gasteiger partial charge in [-0.05, 0) is 33.2 Å². The maximum atomic E-state index is 11.8. The van der Waals surface area contributed by atoms with E-state index >= 15 is 0 Å². The molecule has 5 nitrogen and oxygen atoms in total. The molecule has 2 fully saturated rings. The lowest BCUT2D eigenvalue weighted by Gasteiger charge is -2.38. The van der Waals surface area contributed by atoms with Crippen molar-refractivity contribution in [1.29, 1.82) is 0 Å². The SMILES string of the molecule is CC1(C)CN(CCNC(=O)CC2CCCN2)CCO1.Cl.Cl. The monoisotopic (exact) mass is 341 g/mol. The second-order valence-electron chi connectivity index (χ2n) is 6.23. The highest BCUT2D eigenvalue weighted by molar-refractivity contribution is 5.85. The Labute approximate surface area is 140 Å². The predicted molar refractivity (Wildman–Crippen MR) is 89.6 cm³/mol.